The Morgan fingerprint density at radius 1 is 1.50 bits per heavy atom. The van der Waals surface area contributed by atoms with Crippen molar-refractivity contribution in [3.8, 4) is 0 Å². The molecule has 0 aromatic carbocycles. The maximum atomic E-state index is 12.5. The summed E-state index contributed by atoms with van der Waals surface area (Å²) < 4.78 is 0. The van der Waals surface area contributed by atoms with Gasteiger partial charge in [0.25, 0.3) is 0 Å². The third kappa shape index (κ3) is 3.83. The summed E-state index contributed by atoms with van der Waals surface area (Å²) in [5, 5.41) is 8.74. The van der Waals surface area contributed by atoms with Crippen molar-refractivity contribution in [3.63, 3.8) is 0 Å². The van der Waals surface area contributed by atoms with Crippen LogP contribution in [0.4, 0.5) is 0 Å². The SMILES string of the molecule is CCC(CC)C(NC(=O)C1CCCNC1)c1cccs1. The van der Waals surface area contributed by atoms with Crippen molar-refractivity contribution in [1.82, 2.24) is 10.6 Å². The lowest BCUT2D eigenvalue weighted by atomic mass is 9.91. The van der Waals surface area contributed by atoms with Crippen LogP contribution >= 0.6 is 11.3 Å². The van der Waals surface area contributed by atoms with Gasteiger partial charge in [-0.3, -0.25) is 4.79 Å². The smallest absolute Gasteiger partial charge is 0.224 e. The second kappa shape index (κ2) is 7.79. The Kier molecular flexibility index (Phi) is 6.05. The van der Waals surface area contributed by atoms with Gasteiger partial charge in [-0.2, -0.15) is 0 Å². The van der Waals surface area contributed by atoms with Crippen molar-refractivity contribution in [3.05, 3.63) is 22.4 Å². The van der Waals surface area contributed by atoms with E-state index in [0.717, 1.165) is 38.8 Å². The lowest BCUT2D eigenvalue weighted by Crippen LogP contribution is -2.43. The molecule has 4 heteroatoms. The number of hydrogen-bond acceptors (Lipinski definition) is 3. The Morgan fingerprint density at radius 3 is 2.85 bits per heavy atom. The van der Waals surface area contributed by atoms with E-state index in [1.54, 1.807) is 11.3 Å². The average Bonchev–Trinajstić information content (AvgIpc) is 3.02. The van der Waals surface area contributed by atoms with E-state index in [1.165, 1.54) is 4.88 Å². The molecule has 1 aliphatic heterocycles. The fraction of sp³-hybridized carbons (Fsp3) is 0.688. The summed E-state index contributed by atoms with van der Waals surface area (Å²) in [6, 6.07) is 4.40. The maximum Gasteiger partial charge on any atom is 0.224 e. The number of hydrogen-bond donors (Lipinski definition) is 2. The van der Waals surface area contributed by atoms with Gasteiger partial charge in [0, 0.05) is 11.4 Å². The van der Waals surface area contributed by atoms with Gasteiger partial charge in [-0.05, 0) is 36.8 Å². The monoisotopic (exact) mass is 294 g/mol. The molecular weight excluding hydrogens is 268 g/mol. The second-order valence-corrected chi connectivity index (χ2v) is 6.60. The molecule has 20 heavy (non-hydrogen) atoms. The van der Waals surface area contributed by atoms with Crippen molar-refractivity contribution in [2.45, 2.75) is 45.6 Å². The molecule has 2 unspecified atom stereocenters. The van der Waals surface area contributed by atoms with Crippen LogP contribution in [0.1, 0.15) is 50.4 Å². The maximum absolute atomic E-state index is 12.5. The van der Waals surface area contributed by atoms with Crippen LogP contribution in [-0.4, -0.2) is 19.0 Å². The molecule has 2 atom stereocenters. The van der Waals surface area contributed by atoms with E-state index in [4.69, 9.17) is 0 Å². The van der Waals surface area contributed by atoms with Gasteiger partial charge >= 0.3 is 0 Å². The van der Waals surface area contributed by atoms with E-state index in [-0.39, 0.29) is 17.9 Å². The highest BCUT2D eigenvalue weighted by molar-refractivity contribution is 7.10. The molecule has 0 bridgehead atoms. The quantitative estimate of drug-likeness (QED) is 0.845. The predicted molar refractivity (Wildman–Crippen MR) is 84.9 cm³/mol. The summed E-state index contributed by atoms with van der Waals surface area (Å²) in [6.07, 6.45) is 4.32. The van der Waals surface area contributed by atoms with Crippen LogP contribution < -0.4 is 10.6 Å². The molecular formula is C16H26N2OS. The number of carbonyl (C=O) groups is 1. The average molecular weight is 294 g/mol. The first-order valence-corrected chi connectivity index (χ1v) is 8.68. The van der Waals surface area contributed by atoms with Crippen LogP contribution in [0.2, 0.25) is 0 Å². The molecule has 0 radical (unpaired) electrons. The van der Waals surface area contributed by atoms with Crippen molar-refractivity contribution in [1.29, 1.82) is 0 Å². The number of piperidine rings is 1. The van der Waals surface area contributed by atoms with Gasteiger partial charge in [0.2, 0.25) is 5.91 Å². The number of amides is 1. The van der Waals surface area contributed by atoms with Crippen LogP contribution in [-0.2, 0) is 4.79 Å². The summed E-state index contributed by atoms with van der Waals surface area (Å²) in [4.78, 5) is 13.8. The Hall–Kier alpha value is -0.870. The highest BCUT2D eigenvalue weighted by Gasteiger charge is 2.27. The highest BCUT2D eigenvalue weighted by atomic mass is 32.1. The minimum Gasteiger partial charge on any atom is -0.348 e. The minimum atomic E-state index is 0.139. The third-order valence-electron chi connectivity index (χ3n) is 4.34. The fourth-order valence-electron chi connectivity index (χ4n) is 3.00. The lowest BCUT2D eigenvalue weighted by molar-refractivity contribution is -0.126. The first-order valence-electron chi connectivity index (χ1n) is 7.80. The van der Waals surface area contributed by atoms with Crippen LogP contribution in [0.15, 0.2) is 17.5 Å². The molecule has 1 saturated heterocycles. The summed E-state index contributed by atoms with van der Waals surface area (Å²) >= 11 is 1.75. The minimum absolute atomic E-state index is 0.139. The Labute approximate surface area is 126 Å². The van der Waals surface area contributed by atoms with Crippen LogP contribution in [0.25, 0.3) is 0 Å². The van der Waals surface area contributed by atoms with Gasteiger partial charge in [0.15, 0.2) is 0 Å². The molecule has 0 saturated carbocycles. The van der Waals surface area contributed by atoms with E-state index in [0.29, 0.717) is 5.92 Å². The zero-order valence-electron chi connectivity index (χ0n) is 12.5. The topological polar surface area (TPSA) is 41.1 Å². The second-order valence-electron chi connectivity index (χ2n) is 5.62. The molecule has 2 N–H and O–H groups in total. The predicted octanol–water partition coefficient (Wildman–Crippen LogP) is 3.34. The molecule has 112 valence electrons. The zero-order valence-corrected chi connectivity index (χ0v) is 13.3. The van der Waals surface area contributed by atoms with E-state index in [1.807, 2.05) is 0 Å². The molecule has 0 aliphatic carbocycles. The fourth-order valence-corrected chi connectivity index (χ4v) is 3.87. The molecule has 2 heterocycles. The van der Waals surface area contributed by atoms with Gasteiger partial charge in [-0.25, -0.2) is 0 Å². The van der Waals surface area contributed by atoms with Gasteiger partial charge in [-0.15, -0.1) is 11.3 Å². The van der Waals surface area contributed by atoms with Crippen molar-refractivity contribution < 1.29 is 4.79 Å². The lowest BCUT2D eigenvalue weighted by Gasteiger charge is -2.29. The van der Waals surface area contributed by atoms with Gasteiger partial charge < -0.3 is 10.6 Å². The molecule has 1 aromatic heterocycles. The first kappa shape index (κ1) is 15.5. The summed E-state index contributed by atoms with van der Waals surface area (Å²) in [7, 11) is 0. The van der Waals surface area contributed by atoms with Gasteiger partial charge in [-0.1, -0.05) is 32.8 Å². The highest BCUT2D eigenvalue weighted by Crippen LogP contribution is 2.31. The molecule has 1 aromatic rings. The Bertz CT molecular complexity index is 395. The third-order valence-corrected chi connectivity index (χ3v) is 5.29. The van der Waals surface area contributed by atoms with E-state index >= 15 is 0 Å². The molecule has 1 amide bonds. The van der Waals surface area contributed by atoms with Crippen LogP contribution in [0, 0.1) is 11.8 Å². The number of rotatable bonds is 6. The van der Waals surface area contributed by atoms with E-state index in [2.05, 4.69) is 42.0 Å². The van der Waals surface area contributed by atoms with Gasteiger partial charge in [0.1, 0.15) is 0 Å². The van der Waals surface area contributed by atoms with Crippen molar-refractivity contribution in [2.75, 3.05) is 13.1 Å². The molecule has 2 rings (SSSR count). The van der Waals surface area contributed by atoms with E-state index in [9.17, 15) is 4.79 Å². The van der Waals surface area contributed by atoms with Crippen molar-refractivity contribution >= 4 is 17.2 Å². The summed E-state index contributed by atoms with van der Waals surface area (Å²) in [5.74, 6) is 0.886. The molecule has 1 fully saturated rings. The number of nitrogens with one attached hydrogen (secondary N) is 2. The Balaban J connectivity index is 2.05. The summed E-state index contributed by atoms with van der Waals surface area (Å²) in [6.45, 7) is 6.29. The summed E-state index contributed by atoms with van der Waals surface area (Å²) in [5.41, 5.74) is 0. The van der Waals surface area contributed by atoms with E-state index < -0.39 is 0 Å². The largest absolute Gasteiger partial charge is 0.348 e. The molecule has 0 spiro atoms. The normalized spacial score (nSPS) is 20.9. The van der Waals surface area contributed by atoms with Crippen molar-refractivity contribution in [2.24, 2.45) is 11.8 Å². The van der Waals surface area contributed by atoms with Crippen LogP contribution in [0.5, 0.6) is 0 Å². The zero-order chi connectivity index (χ0) is 14.4. The molecule has 3 nitrogen and oxygen atoms in total. The Morgan fingerprint density at radius 2 is 2.30 bits per heavy atom. The van der Waals surface area contributed by atoms with Crippen LogP contribution in [0.3, 0.4) is 0 Å². The number of carbonyl (C=O) groups excluding carboxylic acids is 1. The standard InChI is InChI=1S/C16H26N2OS/c1-3-12(4-2)15(14-8-6-10-20-14)18-16(19)13-7-5-9-17-11-13/h6,8,10,12-13,15,17H,3-5,7,9,11H2,1-2H3,(H,18,19). The van der Waals surface area contributed by atoms with Gasteiger partial charge in [0.05, 0.1) is 12.0 Å². The molecule has 1 aliphatic rings. The number of thiophene rings is 1. The first-order chi connectivity index (χ1) is 9.76.